The largest absolute Gasteiger partial charge is 0.466 e. The average Bonchev–Trinajstić information content (AvgIpc) is 3.02. The lowest BCUT2D eigenvalue weighted by Gasteiger charge is -2.18. The van der Waals surface area contributed by atoms with Crippen molar-refractivity contribution in [1.29, 1.82) is 0 Å². The first-order chi connectivity index (χ1) is 12.1. The summed E-state index contributed by atoms with van der Waals surface area (Å²) in [5.74, 6) is 0.526. The summed E-state index contributed by atoms with van der Waals surface area (Å²) in [6.07, 6.45) is 5.11. The Labute approximate surface area is 146 Å². The molecule has 0 radical (unpaired) electrons. The standard InChI is InChI=1S/C17H23FN4O3/c1-3-24-16(23)8-6-4-5-7-11-22(17-20-13(2)21-25-17)15-10-9-14(18)12-19-15/h9-10,12H,3-8,11H2,1-2H3. The fourth-order valence-electron chi connectivity index (χ4n) is 2.36. The number of hydrogen-bond donors (Lipinski definition) is 0. The Morgan fingerprint density at radius 3 is 2.72 bits per heavy atom. The molecule has 8 heteroatoms. The molecule has 2 aromatic heterocycles. The molecule has 0 bridgehead atoms. The molecule has 0 saturated heterocycles. The highest BCUT2D eigenvalue weighted by Gasteiger charge is 2.16. The van der Waals surface area contributed by atoms with Crippen molar-refractivity contribution >= 4 is 17.8 Å². The van der Waals surface area contributed by atoms with Gasteiger partial charge < -0.3 is 9.26 Å². The summed E-state index contributed by atoms with van der Waals surface area (Å²) >= 11 is 0. The minimum absolute atomic E-state index is 0.152. The van der Waals surface area contributed by atoms with Crippen LogP contribution in [0.3, 0.4) is 0 Å². The molecule has 0 atom stereocenters. The zero-order valence-corrected chi connectivity index (χ0v) is 14.6. The molecule has 0 N–H and O–H groups in total. The average molecular weight is 350 g/mol. The summed E-state index contributed by atoms with van der Waals surface area (Å²) in [6, 6.07) is 3.26. The van der Waals surface area contributed by atoms with E-state index in [0.717, 1.165) is 31.9 Å². The van der Waals surface area contributed by atoms with Gasteiger partial charge in [0, 0.05) is 13.0 Å². The van der Waals surface area contributed by atoms with Crippen LogP contribution in [0, 0.1) is 12.7 Å². The lowest BCUT2D eigenvalue weighted by atomic mass is 10.1. The van der Waals surface area contributed by atoms with Gasteiger partial charge >= 0.3 is 12.0 Å². The third-order valence-electron chi connectivity index (χ3n) is 3.55. The summed E-state index contributed by atoms with van der Waals surface area (Å²) in [5, 5.41) is 3.79. The van der Waals surface area contributed by atoms with E-state index in [9.17, 15) is 9.18 Å². The molecular formula is C17H23FN4O3. The van der Waals surface area contributed by atoms with Crippen molar-refractivity contribution in [3.8, 4) is 0 Å². The molecule has 0 unspecified atom stereocenters. The first-order valence-corrected chi connectivity index (χ1v) is 8.45. The second-order valence-corrected chi connectivity index (χ2v) is 5.58. The third kappa shape index (κ3) is 6.13. The molecule has 136 valence electrons. The number of ether oxygens (including phenoxy) is 1. The first-order valence-electron chi connectivity index (χ1n) is 8.45. The van der Waals surface area contributed by atoms with Crippen LogP contribution in [-0.4, -0.2) is 34.2 Å². The lowest BCUT2D eigenvalue weighted by Crippen LogP contribution is -2.20. The summed E-state index contributed by atoms with van der Waals surface area (Å²) in [6.45, 7) is 4.57. The van der Waals surface area contributed by atoms with Gasteiger partial charge in [-0.1, -0.05) is 18.0 Å². The highest BCUT2D eigenvalue weighted by Crippen LogP contribution is 2.22. The molecule has 2 aromatic rings. The van der Waals surface area contributed by atoms with Gasteiger partial charge in [-0.25, -0.2) is 9.37 Å². The third-order valence-corrected chi connectivity index (χ3v) is 3.55. The predicted molar refractivity (Wildman–Crippen MR) is 90.0 cm³/mol. The Morgan fingerprint density at radius 2 is 2.08 bits per heavy atom. The summed E-state index contributed by atoms with van der Waals surface area (Å²) in [4.78, 5) is 21.4. The molecule has 0 aliphatic carbocycles. The Bertz CT molecular complexity index is 660. The van der Waals surface area contributed by atoms with Gasteiger partial charge in [0.2, 0.25) is 0 Å². The first kappa shape index (κ1) is 18.8. The Morgan fingerprint density at radius 1 is 1.28 bits per heavy atom. The monoisotopic (exact) mass is 350 g/mol. The fourth-order valence-corrected chi connectivity index (χ4v) is 2.36. The van der Waals surface area contributed by atoms with Crippen LogP contribution < -0.4 is 4.90 Å². The van der Waals surface area contributed by atoms with E-state index in [2.05, 4.69) is 15.1 Å². The molecule has 0 spiro atoms. The van der Waals surface area contributed by atoms with Crippen LogP contribution >= 0.6 is 0 Å². The van der Waals surface area contributed by atoms with Gasteiger partial charge in [0.1, 0.15) is 11.6 Å². The van der Waals surface area contributed by atoms with Gasteiger partial charge in [0.25, 0.3) is 0 Å². The number of carbonyl (C=O) groups is 1. The minimum Gasteiger partial charge on any atom is -0.466 e. The second-order valence-electron chi connectivity index (χ2n) is 5.58. The van der Waals surface area contributed by atoms with Crippen molar-refractivity contribution < 1.29 is 18.4 Å². The molecule has 0 saturated carbocycles. The maximum Gasteiger partial charge on any atom is 0.329 e. The number of aromatic nitrogens is 3. The lowest BCUT2D eigenvalue weighted by molar-refractivity contribution is -0.143. The number of halogens is 1. The summed E-state index contributed by atoms with van der Waals surface area (Å²) in [7, 11) is 0. The van der Waals surface area contributed by atoms with E-state index in [1.807, 2.05) is 0 Å². The zero-order valence-electron chi connectivity index (χ0n) is 14.6. The molecule has 7 nitrogen and oxygen atoms in total. The van der Waals surface area contributed by atoms with Crippen molar-refractivity contribution in [3.05, 3.63) is 30.0 Å². The number of carbonyl (C=O) groups excluding carboxylic acids is 1. The van der Waals surface area contributed by atoms with Crippen LogP contribution in [0.5, 0.6) is 0 Å². The van der Waals surface area contributed by atoms with Gasteiger partial charge in [-0.2, -0.15) is 4.98 Å². The number of pyridine rings is 1. The van der Waals surface area contributed by atoms with Crippen LogP contribution in [0.25, 0.3) is 0 Å². The fraction of sp³-hybridized carbons (Fsp3) is 0.529. The normalized spacial score (nSPS) is 10.7. The number of nitrogens with zero attached hydrogens (tertiary/aromatic N) is 4. The van der Waals surface area contributed by atoms with Crippen LogP contribution in [-0.2, 0) is 9.53 Å². The van der Waals surface area contributed by atoms with E-state index in [-0.39, 0.29) is 5.97 Å². The smallest absolute Gasteiger partial charge is 0.329 e. The van der Waals surface area contributed by atoms with Crippen molar-refractivity contribution in [2.24, 2.45) is 0 Å². The highest BCUT2D eigenvalue weighted by molar-refractivity contribution is 5.69. The van der Waals surface area contributed by atoms with Crippen molar-refractivity contribution in [3.63, 3.8) is 0 Å². The molecule has 2 rings (SSSR count). The van der Waals surface area contributed by atoms with E-state index in [1.165, 1.54) is 6.07 Å². The van der Waals surface area contributed by atoms with Crippen LogP contribution in [0.4, 0.5) is 16.2 Å². The van der Waals surface area contributed by atoms with E-state index in [4.69, 9.17) is 9.26 Å². The van der Waals surface area contributed by atoms with Gasteiger partial charge in [-0.05, 0) is 38.8 Å². The molecule has 0 amide bonds. The second kappa shape index (κ2) is 9.71. The quantitative estimate of drug-likeness (QED) is 0.478. The van der Waals surface area contributed by atoms with Gasteiger partial charge in [0.15, 0.2) is 5.82 Å². The highest BCUT2D eigenvalue weighted by atomic mass is 19.1. The molecular weight excluding hydrogens is 327 g/mol. The Hall–Kier alpha value is -2.51. The van der Waals surface area contributed by atoms with Gasteiger partial charge in [-0.15, -0.1) is 0 Å². The number of aryl methyl sites for hydroxylation is 1. The zero-order chi connectivity index (χ0) is 18.1. The number of hydrogen-bond acceptors (Lipinski definition) is 7. The van der Waals surface area contributed by atoms with E-state index < -0.39 is 5.82 Å². The van der Waals surface area contributed by atoms with Crippen molar-refractivity contribution in [2.45, 2.75) is 46.0 Å². The van der Waals surface area contributed by atoms with E-state index in [1.54, 1.807) is 24.8 Å². The number of rotatable bonds is 10. The van der Waals surface area contributed by atoms with Crippen LogP contribution in [0.1, 0.15) is 44.9 Å². The Balaban J connectivity index is 1.85. The maximum atomic E-state index is 13.1. The summed E-state index contributed by atoms with van der Waals surface area (Å²) < 4.78 is 23.2. The number of unbranched alkanes of at least 4 members (excludes halogenated alkanes) is 3. The topological polar surface area (TPSA) is 81.4 Å². The molecule has 0 aliphatic heterocycles. The predicted octanol–water partition coefficient (Wildman–Crippen LogP) is 3.56. The van der Waals surface area contributed by atoms with Crippen molar-refractivity contribution in [2.75, 3.05) is 18.1 Å². The Kier molecular flexibility index (Phi) is 7.31. The number of anilines is 2. The molecule has 0 aliphatic rings. The molecule has 25 heavy (non-hydrogen) atoms. The van der Waals surface area contributed by atoms with Crippen LogP contribution in [0.15, 0.2) is 22.9 Å². The molecule has 0 fully saturated rings. The molecule has 0 aromatic carbocycles. The maximum absolute atomic E-state index is 13.1. The SMILES string of the molecule is CCOC(=O)CCCCCCN(c1ccc(F)cn1)c1nc(C)no1. The summed E-state index contributed by atoms with van der Waals surface area (Å²) in [5.41, 5.74) is 0. The van der Waals surface area contributed by atoms with E-state index in [0.29, 0.717) is 37.2 Å². The van der Waals surface area contributed by atoms with E-state index >= 15 is 0 Å². The number of esters is 1. The van der Waals surface area contributed by atoms with Crippen molar-refractivity contribution in [1.82, 2.24) is 15.1 Å². The van der Waals surface area contributed by atoms with Gasteiger partial charge in [-0.3, -0.25) is 9.69 Å². The molecule has 2 heterocycles. The van der Waals surface area contributed by atoms with Crippen LogP contribution in [0.2, 0.25) is 0 Å². The van der Waals surface area contributed by atoms with Gasteiger partial charge in [0.05, 0.1) is 12.8 Å². The minimum atomic E-state index is -0.399.